The van der Waals surface area contributed by atoms with Crippen molar-refractivity contribution in [3.8, 4) is 11.4 Å². The smallest absolute Gasteiger partial charge is 0.191 e. The minimum absolute atomic E-state index is 0.435. The molecule has 0 radical (unpaired) electrons. The van der Waals surface area contributed by atoms with E-state index in [0.29, 0.717) is 6.04 Å². The van der Waals surface area contributed by atoms with Gasteiger partial charge in [-0.15, -0.1) is 10.2 Å². The van der Waals surface area contributed by atoms with E-state index in [1.165, 1.54) is 0 Å². The summed E-state index contributed by atoms with van der Waals surface area (Å²) >= 11 is 5.29. The molecule has 4 nitrogen and oxygen atoms in total. The first-order valence-electron chi connectivity index (χ1n) is 4.94. The van der Waals surface area contributed by atoms with Gasteiger partial charge in [0.2, 0.25) is 0 Å². The normalized spacial score (nSPS) is 18.7. The van der Waals surface area contributed by atoms with Crippen LogP contribution in [0, 0.1) is 0 Å². The summed E-state index contributed by atoms with van der Waals surface area (Å²) in [5.74, 6) is 1.97. The third-order valence-electron chi connectivity index (χ3n) is 2.53. The standard InChI is InChI=1S/C10H9BrN4S/c11-4-8-6-16-10-14-13-9(15(8)10)7-2-1-3-12-5-7/h1-3,5,8H,4,6H2. The van der Waals surface area contributed by atoms with Crippen LogP contribution in [0.4, 0.5) is 0 Å². The molecule has 0 aliphatic carbocycles. The van der Waals surface area contributed by atoms with Gasteiger partial charge in [-0.2, -0.15) is 0 Å². The highest BCUT2D eigenvalue weighted by molar-refractivity contribution is 9.09. The molecule has 0 bridgehead atoms. The predicted molar refractivity (Wildman–Crippen MR) is 66.8 cm³/mol. The van der Waals surface area contributed by atoms with Crippen LogP contribution in [0.3, 0.4) is 0 Å². The van der Waals surface area contributed by atoms with Crippen LogP contribution in [0.1, 0.15) is 6.04 Å². The summed E-state index contributed by atoms with van der Waals surface area (Å²) < 4.78 is 2.19. The zero-order valence-corrected chi connectivity index (χ0v) is 10.8. The van der Waals surface area contributed by atoms with Gasteiger partial charge in [0, 0.05) is 29.0 Å². The topological polar surface area (TPSA) is 43.6 Å². The molecule has 1 aliphatic rings. The minimum atomic E-state index is 0.435. The van der Waals surface area contributed by atoms with Gasteiger partial charge >= 0.3 is 0 Å². The van der Waals surface area contributed by atoms with Crippen molar-refractivity contribution < 1.29 is 0 Å². The first-order valence-corrected chi connectivity index (χ1v) is 7.05. The molecule has 3 heterocycles. The van der Waals surface area contributed by atoms with Crippen molar-refractivity contribution >= 4 is 27.7 Å². The Bertz CT molecular complexity index is 499. The molecule has 1 atom stereocenters. The second-order valence-corrected chi connectivity index (χ2v) is 5.17. The van der Waals surface area contributed by atoms with Gasteiger partial charge in [-0.25, -0.2) is 0 Å². The molecule has 1 aliphatic heterocycles. The third-order valence-corrected chi connectivity index (χ3v) is 4.37. The van der Waals surface area contributed by atoms with Crippen molar-refractivity contribution in [1.82, 2.24) is 19.7 Å². The third kappa shape index (κ3) is 1.56. The molecular formula is C10H9BrN4S. The molecule has 0 aromatic carbocycles. The van der Waals surface area contributed by atoms with E-state index in [4.69, 9.17) is 0 Å². The van der Waals surface area contributed by atoms with Gasteiger partial charge in [-0.1, -0.05) is 27.7 Å². The Hall–Kier alpha value is -0.880. The summed E-state index contributed by atoms with van der Waals surface area (Å²) in [4.78, 5) is 4.12. The van der Waals surface area contributed by atoms with E-state index >= 15 is 0 Å². The molecule has 6 heteroatoms. The van der Waals surface area contributed by atoms with Crippen LogP contribution < -0.4 is 0 Å². The number of pyridine rings is 1. The maximum Gasteiger partial charge on any atom is 0.191 e. The Labute approximate surface area is 106 Å². The van der Waals surface area contributed by atoms with E-state index in [0.717, 1.165) is 27.6 Å². The maximum atomic E-state index is 4.24. The molecule has 3 rings (SSSR count). The fourth-order valence-electron chi connectivity index (χ4n) is 1.76. The molecule has 0 spiro atoms. The van der Waals surface area contributed by atoms with Crippen LogP contribution in [0.5, 0.6) is 0 Å². The second-order valence-electron chi connectivity index (χ2n) is 3.54. The Morgan fingerprint density at radius 1 is 1.50 bits per heavy atom. The SMILES string of the molecule is BrCC1CSc2nnc(-c3cccnc3)n21. The maximum absolute atomic E-state index is 4.24. The summed E-state index contributed by atoms with van der Waals surface area (Å²) in [6.07, 6.45) is 3.59. The Kier molecular flexibility index (Phi) is 2.69. The van der Waals surface area contributed by atoms with Crippen molar-refractivity contribution in [2.75, 3.05) is 11.1 Å². The first kappa shape index (κ1) is 10.3. The number of fused-ring (bicyclic) bond motifs is 1. The molecular weight excluding hydrogens is 288 g/mol. The Balaban J connectivity index is 2.10. The summed E-state index contributed by atoms with van der Waals surface area (Å²) in [7, 11) is 0. The molecule has 2 aromatic heterocycles. The fraction of sp³-hybridized carbons (Fsp3) is 0.300. The van der Waals surface area contributed by atoms with Crippen molar-refractivity contribution in [2.24, 2.45) is 0 Å². The predicted octanol–water partition coefficient (Wildman–Crippen LogP) is 2.38. The number of thioether (sulfide) groups is 1. The van der Waals surface area contributed by atoms with Crippen molar-refractivity contribution in [3.63, 3.8) is 0 Å². The van der Waals surface area contributed by atoms with Gasteiger partial charge in [0.15, 0.2) is 11.0 Å². The largest absolute Gasteiger partial charge is 0.297 e. The molecule has 0 saturated heterocycles. The van der Waals surface area contributed by atoms with Crippen LogP contribution in [0.2, 0.25) is 0 Å². The number of hydrogen-bond donors (Lipinski definition) is 0. The second kappa shape index (κ2) is 4.18. The van der Waals surface area contributed by atoms with Crippen molar-refractivity contribution in [2.45, 2.75) is 11.2 Å². The monoisotopic (exact) mass is 296 g/mol. The summed E-state index contributed by atoms with van der Waals surface area (Å²) in [6, 6.07) is 4.37. The highest BCUT2D eigenvalue weighted by Gasteiger charge is 2.27. The molecule has 0 amide bonds. The number of halogens is 1. The Morgan fingerprint density at radius 3 is 3.19 bits per heavy atom. The molecule has 82 valence electrons. The zero-order chi connectivity index (χ0) is 11.0. The number of rotatable bonds is 2. The van der Waals surface area contributed by atoms with E-state index in [-0.39, 0.29) is 0 Å². The zero-order valence-electron chi connectivity index (χ0n) is 8.38. The molecule has 2 aromatic rings. The fourth-order valence-corrected chi connectivity index (χ4v) is 3.66. The average molecular weight is 297 g/mol. The van der Waals surface area contributed by atoms with Crippen LogP contribution in [-0.2, 0) is 0 Å². The van der Waals surface area contributed by atoms with Crippen molar-refractivity contribution in [3.05, 3.63) is 24.5 Å². The number of hydrogen-bond acceptors (Lipinski definition) is 4. The summed E-state index contributed by atoms with van der Waals surface area (Å²) in [5, 5.41) is 10.4. The van der Waals surface area contributed by atoms with E-state index in [9.17, 15) is 0 Å². The lowest BCUT2D eigenvalue weighted by Gasteiger charge is -2.10. The van der Waals surface area contributed by atoms with Gasteiger partial charge in [0.25, 0.3) is 0 Å². The molecule has 1 unspecified atom stereocenters. The van der Waals surface area contributed by atoms with E-state index in [1.807, 2.05) is 18.3 Å². The summed E-state index contributed by atoms with van der Waals surface area (Å²) in [6.45, 7) is 0. The highest BCUT2D eigenvalue weighted by atomic mass is 79.9. The van der Waals surface area contributed by atoms with E-state index in [2.05, 4.69) is 35.7 Å². The van der Waals surface area contributed by atoms with Crippen LogP contribution >= 0.6 is 27.7 Å². The lowest BCUT2D eigenvalue weighted by molar-refractivity contribution is 0.600. The van der Waals surface area contributed by atoms with Crippen LogP contribution in [0.25, 0.3) is 11.4 Å². The van der Waals surface area contributed by atoms with Gasteiger partial charge in [-0.05, 0) is 12.1 Å². The van der Waals surface area contributed by atoms with Crippen molar-refractivity contribution in [1.29, 1.82) is 0 Å². The van der Waals surface area contributed by atoms with E-state index in [1.54, 1.807) is 18.0 Å². The van der Waals surface area contributed by atoms with Crippen LogP contribution in [0.15, 0.2) is 29.7 Å². The number of alkyl halides is 1. The van der Waals surface area contributed by atoms with Gasteiger partial charge in [-0.3, -0.25) is 9.55 Å². The lowest BCUT2D eigenvalue weighted by Crippen LogP contribution is -2.09. The minimum Gasteiger partial charge on any atom is -0.297 e. The highest BCUT2D eigenvalue weighted by Crippen LogP contribution is 2.36. The van der Waals surface area contributed by atoms with Gasteiger partial charge in [0.05, 0.1) is 6.04 Å². The van der Waals surface area contributed by atoms with E-state index < -0.39 is 0 Å². The van der Waals surface area contributed by atoms with Crippen LogP contribution in [-0.4, -0.2) is 30.8 Å². The molecule has 0 fully saturated rings. The van der Waals surface area contributed by atoms with Gasteiger partial charge < -0.3 is 0 Å². The number of nitrogens with zero attached hydrogens (tertiary/aromatic N) is 4. The summed E-state index contributed by atoms with van der Waals surface area (Å²) in [5.41, 5.74) is 1.02. The van der Waals surface area contributed by atoms with Gasteiger partial charge in [0.1, 0.15) is 0 Å². The lowest BCUT2D eigenvalue weighted by atomic mass is 10.2. The molecule has 0 N–H and O–H groups in total. The number of aromatic nitrogens is 4. The molecule has 0 saturated carbocycles. The first-order chi connectivity index (χ1) is 7.90. The quantitative estimate of drug-likeness (QED) is 0.798. The molecule has 16 heavy (non-hydrogen) atoms. The Morgan fingerprint density at radius 2 is 2.44 bits per heavy atom. The average Bonchev–Trinajstić information content (AvgIpc) is 2.90.